The van der Waals surface area contributed by atoms with E-state index in [1.807, 2.05) is 12.1 Å². The summed E-state index contributed by atoms with van der Waals surface area (Å²) >= 11 is 0. The quantitative estimate of drug-likeness (QED) is 0.785. The molecule has 0 fully saturated rings. The summed E-state index contributed by atoms with van der Waals surface area (Å²) in [6, 6.07) is 12.8. The van der Waals surface area contributed by atoms with Crippen LogP contribution in [-0.4, -0.2) is 24.9 Å². The summed E-state index contributed by atoms with van der Waals surface area (Å²) in [5, 5.41) is 8.69. The number of rotatable bonds is 5. The van der Waals surface area contributed by atoms with Crippen LogP contribution in [0, 0.1) is 0 Å². The first-order valence-electron chi connectivity index (χ1n) is 8.58. The summed E-state index contributed by atoms with van der Waals surface area (Å²) in [6.45, 7) is 1.80. The molecular formula is C20H23N3O2. The predicted molar refractivity (Wildman–Crippen MR) is 100 cm³/mol. The third kappa shape index (κ3) is 3.99. The lowest BCUT2D eigenvalue weighted by Gasteiger charge is -2.16. The fraction of sp³-hybridized carbons (Fsp3) is 0.300. The lowest BCUT2D eigenvalue weighted by molar-refractivity contribution is -0.116. The monoisotopic (exact) mass is 337 g/mol. The molecule has 0 aliphatic heterocycles. The summed E-state index contributed by atoms with van der Waals surface area (Å²) in [4.78, 5) is 24.1. The van der Waals surface area contributed by atoms with E-state index in [0.29, 0.717) is 5.56 Å². The fourth-order valence-electron chi connectivity index (χ4n) is 3.11. The molecule has 0 bridgehead atoms. The highest BCUT2D eigenvalue weighted by Crippen LogP contribution is 2.25. The number of carbonyl (C=O) groups excluding carboxylic acids is 2. The molecule has 0 heterocycles. The number of nitrogens with one attached hydrogen (secondary N) is 3. The van der Waals surface area contributed by atoms with E-state index < -0.39 is 6.04 Å². The van der Waals surface area contributed by atoms with E-state index in [1.165, 1.54) is 17.5 Å². The Morgan fingerprint density at radius 1 is 1.00 bits per heavy atom. The fourth-order valence-corrected chi connectivity index (χ4v) is 3.11. The van der Waals surface area contributed by atoms with Crippen LogP contribution < -0.4 is 16.0 Å². The highest BCUT2D eigenvalue weighted by Gasteiger charge is 2.16. The third-order valence-electron chi connectivity index (χ3n) is 4.49. The van der Waals surface area contributed by atoms with Crippen LogP contribution in [0.25, 0.3) is 0 Å². The standard InChI is InChI=1S/C20H23N3O2/c1-13(22-17-8-4-7-16(12-17)20(25)21-2)19(24)23-18-10-9-14-5-3-6-15(14)11-18/h4,7-13,22H,3,5-6H2,1-2H3,(H,21,25)(H,23,24)/t13-/m0/s1. The Balaban J connectivity index is 1.64. The number of fused-ring (bicyclic) bond motifs is 1. The smallest absolute Gasteiger partial charge is 0.251 e. The highest BCUT2D eigenvalue weighted by atomic mass is 16.2. The van der Waals surface area contributed by atoms with Gasteiger partial charge in [0, 0.05) is 24.0 Å². The lowest BCUT2D eigenvalue weighted by atomic mass is 10.1. The Morgan fingerprint density at radius 2 is 1.80 bits per heavy atom. The minimum absolute atomic E-state index is 0.108. The van der Waals surface area contributed by atoms with Crippen LogP contribution in [0.3, 0.4) is 0 Å². The van der Waals surface area contributed by atoms with Crippen LogP contribution in [0.4, 0.5) is 11.4 Å². The maximum Gasteiger partial charge on any atom is 0.251 e. The van der Waals surface area contributed by atoms with Crippen molar-refractivity contribution in [1.82, 2.24) is 5.32 Å². The van der Waals surface area contributed by atoms with Crippen molar-refractivity contribution in [3.8, 4) is 0 Å². The minimum atomic E-state index is -0.423. The number of hydrogen-bond acceptors (Lipinski definition) is 3. The van der Waals surface area contributed by atoms with Crippen LogP contribution in [-0.2, 0) is 17.6 Å². The van der Waals surface area contributed by atoms with Gasteiger partial charge in [0.15, 0.2) is 0 Å². The van der Waals surface area contributed by atoms with Gasteiger partial charge < -0.3 is 16.0 Å². The zero-order valence-electron chi connectivity index (χ0n) is 14.6. The third-order valence-corrected chi connectivity index (χ3v) is 4.49. The van der Waals surface area contributed by atoms with Crippen molar-refractivity contribution in [2.45, 2.75) is 32.2 Å². The van der Waals surface area contributed by atoms with E-state index in [1.54, 1.807) is 32.2 Å². The number of aryl methyl sites for hydroxylation is 2. The Hall–Kier alpha value is -2.82. The summed E-state index contributed by atoms with van der Waals surface area (Å²) in [5.41, 5.74) is 4.83. The van der Waals surface area contributed by atoms with Crippen molar-refractivity contribution in [3.05, 3.63) is 59.2 Å². The molecule has 25 heavy (non-hydrogen) atoms. The number of hydrogen-bond donors (Lipinski definition) is 3. The highest BCUT2D eigenvalue weighted by molar-refractivity contribution is 5.97. The van der Waals surface area contributed by atoms with Gasteiger partial charge in [-0.15, -0.1) is 0 Å². The number of carbonyl (C=O) groups is 2. The Bertz CT molecular complexity index is 801. The molecule has 1 aliphatic rings. The molecule has 0 radical (unpaired) electrons. The van der Waals surface area contributed by atoms with Gasteiger partial charge in [-0.3, -0.25) is 9.59 Å². The van der Waals surface area contributed by atoms with E-state index >= 15 is 0 Å². The summed E-state index contributed by atoms with van der Waals surface area (Å²) in [6.07, 6.45) is 3.40. The molecule has 0 saturated carbocycles. The van der Waals surface area contributed by atoms with Gasteiger partial charge in [0.1, 0.15) is 6.04 Å². The zero-order valence-corrected chi connectivity index (χ0v) is 14.6. The number of benzene rings is 2. The first-order chi connectivity index (χ1) is 12.1. The molecule has 2 aromatic rings. The van der Waals surface area contributed by atoms with Gasteiger partial charge in [0.25, 0.3) is 5.91 Å². The molecule has 0 saturated heterocycles. The molecule has 1 aliphatic carbocycles. The Labute approximate surface area is 147 Å². The Kier molecular flexibility index (Phi) is 5.03. The van der Waals surface area contributed by atoms with Gasteiger partial charge in [-0.2, -0.15) is 0 Å². The van der Waals surface area contributed by atoms with Crippen LogP contribution >= 0.6 is 0 Å². The molecule has 2 amide bonds. The van der Waals surface area contributed by atoms with Crippen LogP contribution in [0.5, 0.6) is 0 Å². The minimum Gasteiger partial charge on any atom is -0.374 e. The molecule has 3 N–H and O–H groups in total. The maximum atomic E-state index is 12.4. The average molecular weight is 337 g/mol. The van der Waals surface area contributed by atoms with Crippen LogP contribution in [0.2, 0.25) is 0 Å². The average Bonchev–Trinajstić information content (AvgIpc) is 3.09. The van der Waals surface area contributed by atoms with Crippen molar-refractivity contribution in [1.29, 1.82) is 0 Å². The van der Waals surface area contributed by atoms with E-state index in [9.17, 15) is 9.59 Å². The lowest BCUT2D eigenvalue weighted by Crippen LogP contribution is -2.32. The van der Waals surface area contributed by atoms with Crippen molar-refractivity contribution in [2.75, 3.05) is 17.7 Å². The van der Waals surface area contributed by atoms with Gasteiger partial charge >= 0.3 is 0 Å². The van der Waals surface area contributed by atoms with Gasteiger partial charge in [-0.25, -0.2) is 0 Å². The summed E-state index contributed by atoms with van der Waals surface area (Å²) < 4.78 is 0. The van der Waals surface area contributed by atoms with Gasteiger partial charge in [0.2, 0.25) is 5.91 Å². The normalized spacial score (nSPS) is 13.7. The summed E-state index contributed by atoms with van der Waals surface area (Å²) in [7, 11) is 1.59. The van der Waals surface area contributed by atoms with Crippen molar-refractivity contribution in [3.63, 3.8) is 0 Å². The number of anilines is 2. The summed E-state index contributed by atoms with van der Waals surface area (Å²) in [5.74, 6) is -0.262. The second kappa shape index (κ2) is 7.38. The molecule has 0 spiro atoms. The Morgan fingerprint density at radius 3 is 2.60 bits per heavy atom. The first-order valence-corrected chi connectivity index (χ1v) is 8.58. The molecule has 2 aromatic carbocycles. The second-order valence-corrected chi connectivity index (χ2v) is 6.35. The van der Waals surface area contributed by atoms with Crippen molar-refractivity contribution in [2.24, 2.45) is 0 Å². The van der Waals surface area contributed by atoms with E-state index in [2.05, 4.69) is 28.1 Å². The molecule has 0 unspecified atom stereocenters. The van der Waals surface area contributed by atoms with Crippen molar-refractivity contribution >= 4 is 23.2 Å². The molecule has 0 aromatic heterocycles. The van der Waals surface area contributed by atoms with Crippen molar-refractivity contribution < 1.29 is 9.59 Å². The molecule has 5 heteroatoms. The number of amides is 2. The van der Waals surface area contributed by atoms with E-state index in [4.69, 9.17) is 0 Å². The zero-order chi connectivity index (χ0) is 17.8. The second-order valence-electron chi connectivity index (χ2n) is 6.35. The van der Waals surface area contributed by atoms with Crippen LogP contribution in [0.1, 0.15) is 34.8 Å². The van der Waals surface area contributed by atoms with Gasteiger partial charge in [0.05, 0.1) is 0 Å². The van der Waals surface area contributed by atoms with E-state index in [-0.39, 0.29) is 11.8 Å². The molecular weight excluding hydrogens is 314 g/mol. The van der Waals surface area contributed by atoms with E-state index in [0.717, 1.165) is 24.2 Å². The molecule has 3 rings (SSSR count). The topological polar surface area (TPSA) is 70.2 Å². The molecule has 1 atom stereocenters. The maximum absolute atomic E-state index is 12.4. The molecule has 130 valence electrons. The largest absolute Gasteiger partial charge is 0.374 e. The SMILES string of the molecule is CNC(=O)c1cccc(N[C@@H](C)C(=O)Nc2ccc3c(c2)CCC3)c1. The van der Waals surface area contributed by atoms with Gasteiger partial charge in [-0.05, 0) is 67.6 Å². The predicted octanol–water partition coefficient (Wildman–Crippen LogP) is 2.97. The van der Waals surface area contributed by atoms with Gasteiger partial charge in [-0.1, -0.05) is 12.1 Å². The molecule has 5 nitrogen and oxygen atoms in total. The first kappa shape index (κ1) is 17.0. The van der Waals surface area contributed by atoms with Crippen LogP contribution in [0.15, 0.2) is 42.5 Å².